The molecule has 0 aliphatic carbocycles. The monoisotopic (exact) mass is 468 g/mol. The highest BCUT2D eigenvalue weighted by molar-refractivity contribution is 5.93. The van der Waals surface area contributed by atoms with E-state index in [0.29, 0.717) is 18.2 Å². The molecule has 178 valence electrons. The first-order chi connectivity index (χ1) is 16.9. The summed E-state index contributed by atoms with van der Waals surface area (Å²) in [6.45, 7) is 3.76. The van der Waals surface area contributed by atoms with Crippen molar-refractivity contribution in [2.75, 3.05) is 19.0 Å². The minimum absolute atomic E-state index is 0.0805. The SMILES string of the molecule is COc1ccc(-c2cn(-c3ccc(C)cc3)c(NC(=O)CN(Cc3ccccc3)C(C)=O)n2)cc1. The summed E-state index contributed by atoms with van der Waals surface area (Å²) in [5.74, 6) is 0.636. The Balaban J connectivity index is 1.60. The van der Waals surface area contributed by atoms with E-state index in [0.717, 1.165) is 28.1 Å². The maximum Gasteiger partial charge on any atom is 0.246 e. The molecule has 0 saturated heterocycles. The highest BCUT2D eigenvalue weighted by Crippen LogP contribution is 2.26. The van der Waals surface area contributed by atoms with Crippen LogP contribution in [0.3, 0.4) is 0 Å². The molecule has 0 spiro atoms. The van der Waals surface area contributed by atoms with Gasteiger partial charge in [0.15, 0.2) is 0 Å². The van der Waals surface area contributed by atoms with E-state index in [2.05, 4.69) is 5.32 Å². The molecule has 0 bridgehead atoms. The number of nitrogens with zero attached hydrogens (tertiary/aromatic N) is 3. The Labute approximate surface area is 205 Å². The zero-order valence-corrected chi connectivity index (χ0v) is 20.1. The van der Waals surface area contributed by atoms with Gasteiger partial charge in [0, 0.05) is 30.9 Å². The van der Waals surface area contributed by atoms with Gasteiger partial charge in [0.25, 0.3) is 0 Å². The number of aryl methyl sites for hydroxylation is 1. The zero-order chi connectivity index (χ0) is 24.8. The summed E-state index contributed by atoms with van der Waals surface area (Å²) in [6.07, 6.45) is 1.88. The number of hydrogen-bond acceptors (Lipinski definition) is 4. The molecule has 0 radical (unpaired) electrons. The van der Waals surface area contributed by atoms with E-state index in [1.165, 1.54) is 11.8 Å². The molecule has 1 heterocycles. The van der Waals surface area contributed by atoms with Gasteiger partial charge in [0.1, 0.15) is 12.3 Å². The second-order valence-corrected chi connectivity index (χ2v) is 8.29. The third-order valence-corrected chi connectivity index (χ3v) is 5.65. The number of benzene rings is 3. The van der Waals surface area contributed by atoms with Crippen LogP contribution in [0.2, 0.25) is 0 Å². The molecule has 7 nitrogen and oxygen atoms in total. The number of methoxy groups -OCH3 is 1. The Bertz CT molecular complexity index is 1300. The number of carbonyl (C=O) groups excluding carboxylic acids is 2. The van der Waals surface area contributed by atoms with Crippen LogP contribution in [0.5, 0.6) is 5.75 Å². The van der Waals surface area contributed by atoms with Gasteiger partial charge in [-0.1, -0.05) is 48.0 Å². The minimum atomic E-state index is -0.323. The van der Waals surface area contributed by atoms with E-state index >= 15 is 0 Å². The number of rotatable bonds is 8. The van der Waals surface area contributed by atoms with Crippen molar-refractivity contribution in [3.8, 4) is 22.7 Å². The van der Waals surface area contributed by atoms with Gasteiger partial charge in [-0.25, -0.2) is 4.98 Å². The Morgan fingerprint density at radius 2 is 1.66 bits per heavy atom. The average molecular weight is 469 g/mol. The molecule has 0 saturated carbocycles. The standard InChI is InChI=1S/C28H28N4O3/c1-20-9-13-24(14-10-20)32-18-26(23-11-15-25(35-3)16-12-23)29-28(32)30-27(34)19-31(21(2)33)17-22-7-5-4-6-8-22/h4-16,18H,17,19H2,1-3H3,(H,29,30,34). The third kappa shape index (κ3) is 5.95. The van der Waals surface area contributed by atoms with E-state index in [9.17, 15) is 9.59 Å². The molecular weight excluding hydrogens is 440 g/mol. The predicted molar refractivity (Wildman–Crippen MR) is 136 cm³/mol. The van der Waals surface area contributed by atoms with Crippen molar-refractivity contribution in [2.24, 2.45) is 0 Å². The molecule has 4 rings (SSSR count). The van der Waals surface area contributed by atoms with Crippen LogP contribution >= 0.6 is 0 Å². The van der Waals surface area contributed by atoms with Crippen molar-refractivity contribution in [3.63, 3.8) is 0 Å². The van der Waals surface area contributed by atoms with E-state index in [4.69, 9.17) is 9.72 Å². The summed E-state index contributed by atoms with van der Waals surface area (Å²) in [4.78, 5) is 31.4. The number of aromatic nitrogens is 2. The number of ether oxygens (including phenoxy) is 1. The maximum atomic E-state index is 13.0. The van der Waals surface area contributed by atoms with Crippen LogP contribution < -0.4 is 10.1 Å². The first kappa shape index (κ1) is 23.8. The minimum Gasteiger partial charge on any atom is -0.497 e. The molecule has 4 aromatic rings. The Morgan fingerprint density at radius 1 is 0.971 bits per heavy atom. The summed E-state index contributed by atoms with van der Waals surface area (Å²) in [6, 6.07) is 25.1. The largest absolute Gasteiger partial charge is 0.497 e. The summed E-state index contributed by atoms with van der Waals surface area (Å²) in [5.41, 5.74) is 4.55. The fourth-order valence-electron chi connectivity index (χ4n) is 3.69. The second kappa shape index (κ2) is 10.7. The quantitative estimate of drug-likeness (QED) is 0.401. The van der Waals surface area contributed by atoms with Crippen molar-refractivity contribution < 1.29 is 14.3 Å². The van der Waals surface area contributed by atoms with Gasteiger partial charge in [-0.2, -0.15) is 0 Å². The molecule has 2 amide bonds. The summed E-state index contributed by atoms with van der Waals surface area (Å²) in [5, 5.41) is 2.90. The van der Waals surface area contributed by atoms with Crippen LogP contribution in [0.25, 0.3) is 16.9 Å². The molecule has 0 unspecified atom stereocenters. The second-order valence-electron chi connectivity index (χ2n) is 8.29. The Morgan fingerprint density at radius 3 is 2.29 bits per heavy atom. The van der Waals surface area contributed by atoms with E-state index < -0.39 is 0 Å². The first-order valence-corrected chi connectivity index (χ1v) is 11.3. The van der Waals surface area contributed by atoms with Crippen LogP contribution in [-0.2, 0) is 16.1 Å². The molecule has 1 N–H and O–H groups in total. The van der Waals surface area contributed by atoms with Crippen molar-refractivity contribution in [3.05, 3.63) is 96.2 Å². The number of anilines is 1. The first-order valence-electron chi connectivity index (χ1n) is 11.3. The van der Waals surface area contributed by atoms with Gasteiger partial charge in [0.2, 0.25) is 17.8 Å². The molecule has 0 aliphatic rings. The van der Waals surface area contributed by atoms with Gasteiger partial charge < -0.3 is 9.64 Å². The number of amides is 2. The van der Waals surface area contributed by atoms with Gasteiger partial charge in [-0.05, 0) is 48.9 Å². The van der Waals surface area contributed by atoms with Crippen LogP contribution in [-0.4, -0.2) is 39.9 Å². The molecule has 7 heteroatoms. The van der Waals surface area contributed by atoms with Crippen molar-refractivity contribution in [1.82, 2.24) is 14.5 Å². The van der Waals surface area contributed by atoms with Crippen LogP contribution in [0, 0.1) is 6.92 Å². The highest BCUT2D eigenvalue weighted by atomic mass is 16.5. The van der Waals surface area contributed by atoms with Crippen LogP contribution in [0.15, 0.2) is 85.1 Å². The van der Waals surface area contributed by atoms with E-state index in [-0.39, 0.29) is 18.4 Å². The van der Waals surface area contributed by atoms with Crippen molar-refractivity contribution >= 4 is 17.8 Å². The van der Waals surface area contributed by atoms with Crippen molar-refractivity contribution in [1.29, 1.82) is 0 Å². The van der Waals surface area contributed by atoms with Gasteiger partial charge in [-0.15, -0.1) is 0 Å². The normalized spacial score (nSPS) is 10.6. The summed E-state index contributed by atoms with van der Waals surface area (Å²) >= 11 is 0. The van der Waals surface area contributed by atoms with E-state index in [1.807, 2.05) is 96.6 Å². The third-order valence-electron chi connectivity index (χ3n) is 5.65. The number of nitrogens with one attached hydrogen (secondary N) is 1. The lowest BCUT2D eigenvalue weighted by molar-refractivity contribution is -0.133. The van der Waals surface area contributed by atoms with Crippen LogP contribution in [0.4, 0.5) is 5.95 Å². The van der Waals surface area contributed by atoms with Gasteiger partial charge >= 0.3 is 0 Å². The van der Waals surface area contributed by atoms with Crippen molar-refractivity contribution in [2.45, 2.75) is 20.4 Å². The molecule has 3 aromatic carbocycles. The number of hydrogen-bond donors (Lipinski definition) is 1. The Hall–Kier alpha value is -4.39. The predicted octanol–water partition coefficient (Wildman–Crippen LogP) is 4.84. The lowest BCUT2D eigenvalue weighted by Crippen LogP contribution is -2.36. The highest BCUT2D eigenvalue weighted by Gasteiger charge is 2.18. The number of imidazole rings is 1. The van der Waals surface area contributed by atoms with Gasteiger partial charge in [0.05, 0.1) is 12.8 Å². The fourth-order valence-corrected chi connectivity index (χ4v) is 3.69. The van der Waals surface area contributed by atoms with Gasteiger partial charge in [-0.3, -0.25) is 19.5 Å². The molecule has 0 fully saturated rings. The smallest absolute Gasteiger partial charge is 0.246 e. The summed E-state index contributed by atoms with van der Waals surface area (Å²) in [7, 11) is 1.62. The van der Waals surface area contributed by atoms with Crippen LogP contribution in [0.1, 0.15) is 18.1 Å². The molecule has 1 aromatic heterocycles. The molecule has 0 atom stereocenters. The molecular formula is C28H28N4O3. The Kier molecular flexibility index (Phi) is 7.26. The fraction of sp³-hybridized carbons (Fsp3) is 0.179. The topological polar surface area (TPSA) is 76.5 Å². The lowest BCUT2D eigenvalue weighted by atomic mass is 10.1. The molecule has 35 heavy (non-hydrogen) atoms. The number of carbonyl (C=O) groups is 2. The maximum absolute atomic E-state index is 13.0. The zero-order valence-electron chi connectivity index (χ0n) is 20.1. The van der Waals surface area contributed by atoms with E-state index in [1.54, 1.807) is 7.11 Å². The average Bonchev–Trinajstić information content (AvgIpc) is 3.28. The summed E-state index contributed by atoms with van der Waals surface area (Å²) < 4.78 is 7.09. The lowest BCUT2D eigenvalue weighted by Gasteiger charge is -2.20. The molecule has 0 aliphatic heterocycles.